The Labute approximate surface area is 182 Å². The molecule has 6 heteroatoms. The van der Waals surface area contributed by atoms with Crippen LogP contribution in [0.15, 0.2) is 73.4 Å². The van der Waals surface area contributed by atoms with Gasteiger partial charge in [-0.3, -0.25) is 14.8 Å². The monoisotopic (exact) mass is 416 g/mol. The summed E-state index contributed by atoms with van der Waals surface area (Å²) < 4.78 is 5.79. The highest BCUT2D eigenvalue weighted by atomic mass is 16.5. The first-order valence-corrected chi connectivity index (χ1v) is 10.7. The second-order valence-corrected chi connectivity index (χ2v) is 7.82. The molecule has 1 aromatic heterocycles. The third-order valence-corrected chi connectivity index (χ3v) is 5.56. The number of carbonyl (C=O) groups is 1. The number of hydrogen-bond acceptors (Lipinski definition) is 4. The molecule has 1 aliphatic heterocycles. The molecule has 31 heavy (non-hydrogen) atoms. The lowest BCUT2D eigenvalue weighted by Crippen LogP contribution is -2.40. The predicted molar refractivity (Wildman–Crippen MR) is 123 cm³/mol. The summed E-state index contributed by atoms with van der Waals surface area (Å²) in [5.41, 5.74) is 3.95. The Bertz CT molecular complexity index is 999. The number of nitrogens with zero attached hydrogens (tertiary/aromatic N) is 2. The van der Waals surface area contributed by atoms with E-state index < -0.39 is 0 Å². The van der Waals surface area contributed by atoms with E-state index in [4.69, 9.17) is 4.74 Å². The summed E-state index contributed by atoms with van der Waals surface area (Å²) in [5, 5.41) is 10.0. The van der Waals surface area contributed by atoms with Gasteiger partial charge in [0.25, 0.3) is 0 Å². The van der Waals surface area contributed by atoms with Gasteiger partial charge in [0.05, 0.1) is 11.6 Å². The van der Waals surface area contributed by atoms with Gasteiger partial charge in [-0.2, -0.15) is 5.10 Å². The Morgan fingerprint density at radius 2 is 2.06 bits per heavy atom. The van der Waals surface area contributed by atoms with Crippen LogP contribution in [0.5, 0.6) is 5.75 Å². The summed E-state index contributed by atoms with van der Waals surface area (Å²) in [5.74, 6) is 0.934. The van der Waals surface area contributed by atoms with Gasteiger partial charge in [-0.15, -0.1) is 0 Å². The first kappa shape index (κ1) is 20.9. The first-order valence-electron chi connectivity index (χ1n) is 10.7. The van der Waals surface area contributed by atoms with Crippen molar-refractivity contribution in [2.45, 2.75) is 19.4 Å². The largest absolute Gasteiger partial charge is 0.489 e. The quantitative estimate of drug-likeness (QED) is 0.531. The third-order valence-electron chi connectivity index (χ3n) is 5.56. The number of likely N-dealkylation sites (tertiary alicyclic amines) is 1. The second kappa shape index (κ2) is 10.1. The SMILES string of the molecule is C=CCOc1ccccc1CN1CCC[C@H](C(=O)Nc2ccc(-c3ccn[nH]3)cc2)C1. The van der Waals surface area contributed by atoms with E-state index in [0.717, 1.165) is 60.7 Å². The minimum Gasteiger partial charge on any atom is -0.489 e. The number of aromatic amines is 1. The molecule has 1 atom stereocenters. The van der Waals surface area contributed by atoms with E-state index in [1.165, 1.54) is 0 Å². The lowest BCUT2D eigenvalue weighted by Gasteiger charge is -2.32. The topological polar surface area (TPSA) is 70.2 Å². The van der Waals surface area contributed by atoms with Crippen LogP contribution in [0.25, 0.3) is 11.3 Å². The lowest BCUT2D eigenvalue weighted by atomic mass is 9.96. The summed E-state index contributed by atoms with van der Waals surface area (Å²) in [6.45, 7) is 6.71. The van der Waals surface area contributed by atoms with Crippen LogP contribution in [0.4, 0.5) is 5.69 Å². The fourth-order valence-electron chi connectivity index (χ4n) is 3.97. The van der Waals surface area contributed by atoms with E-state index in [-0.39, 0.29) is 11.8 Å². The van der Waals surface area contributed by atoms with Crippen LogP contribution in [-0.4, -0.2) is 40.7 Å². The number of carbonyl (C=O) groups excluding carboxylic acids is 1. The average Bonchev–Trinajstić information content (AvgIpc) is 3.34. The summed E-state index contributed by atoms with van der Waals surface area (Å²) in [6.07, 6.45) is 5.39. The van der Waals surface area contributed by atoms with E-state index in [1.54, 1.807) is 12.3 Å². The standard InChI is InChI=1S/C25H28N4O2/c1-2-16-31-24-8-4-3-6-20(24)17-29-15-5-7-21(18-29)25(30)27-22-11-9-19(10-12-22)23-13-14-26-28-23/h2-4,6,8-14,21H,1,5,7,15-18H2,(H,26,28)(H,27,30)/t21-/m0/s1. The Morgan fingerprint density at radius 3 is 2.84 bits per heavy atom. The fourth-order valence-corrected chi connectivity index (χ4v) is 3.97. The molecule has 0 saturated carbocycles. The van der Waals surface area contributed by atoms with Gasteiger partial charge >= 0.3 is 0 Å². The molecule has 2 heterocycles. The molecule has 3 aromatic rings. The van der Waals surface area contributed by atoms with Gasteiger partial charge in [0, 0.05) is 30.5 Å². The number of amides is 1. The van der Waals surface area contributed by atoms with Gasteiger partial charge in [0.2, 0.25) is 5.91 Å². The third kappa shape index (κ3) is 5.41. The van der Waals surface area contributed by atoms with Crippen molar-refractivity contribution in [1.29, 1.82) is 0 Å². The van der Waals surface area contributed by atoms with E-state index >= 15 is 0 Å². The Balaban J connectivity index is 1.35. The number of rotatable bonds is 8. The van der Waals surface area contributed by atoms with Crippen LogP contribution in [0, 0.1) is 5.92 Å². The molecule has 1 fully saturated rings. The van der Waals surface area contributed by atoms with Crippen molar-refractivity contribution in [3.63, 3.8) is 0 Å². The summed E-state index contributed by atoms with van der Waals surface area (Å²) in [6, 6.07) is 17.8. The van der Waals surface area contributed by atoms with Crippen LogP contribution in [0.2, 0.25) is 0 Å². The highest BCUT2D eigenvalue weighted by Crippen LogP contribution is 2.25. The molecule has 1 amide bonds. The fraction of sp³-hybridized carbons (Fsp3) is 0.280. The van der Waals surface area contributed by atoms with Gasteiger partial charge < -0.3 is 10.1 Å². The van der Waals surface area contributed by atoms with Crippen LogP contribution in [-0.2, 0) is 11.3 Å². The number of anilines is 1. The molecule has 1 saturated heterocycles. The van der Waals surface area contributed by atoms with Gasteiger partial charge in [-0.05, 0) is 49.2 Å². The maximum atomic E-state index is 12.9. The molecule has 0 unspecified atom stereocenters. The predicted octanol–water partition coefficient (Wildman–Crippen LogP) is 4.49. The van der Waals surface area contributed by atoms with Crippen molar-refractivity contribution >= 4 is 11.6 Å². The van der Waals surface area contributed by atoms with Gasteiger partial charge in [0.15, 0.2) is 0 Å². The minimum atomic E-state index is -0.0257. The molecular formula is C25H28N4O2. The van der Waals surface area contributed by atoms with Crippen molar-refractivity contribution in [3.05, 3.63) is 79.0 Å². The van der Waals surface area contributed by atoms with Crippen molar-refractivity contribution in [2.24, 2.45) is 5.92 Å². The minimum absolute atomic E-state index is 0.0257. The number of H-pyrrole nitrogens is 1. The Morgan fingerprint density at radius 1 is 1.23 bits per heavy atom. The van der Waals surface area contributed by atoms with E-state index in [1.807, 2.05) is 48.5 Å². The maximum absolute atomic E-state index is 12.9. The molecule has 1 aliphatic rings. The molecule has 160 valence electrons. The maximum Gasteiger partial charge on any atom is 0.228 e. The number of aromatic nitrogens is 2. The molecule has 2 aromatic carbocycles. The smallest absolute Gasteiger partial charge is 0.228 e. The second-order valence-electron chi connectivity index (χ2n) is 7.82. The number of nitrogens with one attached hydrogen (secondary N) is 2. The van der Waals surface area contributed by atoms with E-state index in [2.05, 4.69) is 33.1 Å². The van der Waals surface area contributed by atoms with Crippen molar-refractivity contribution < 1.29 is 9.53 Å². The van der Waals surface area contributed by atoms with Crippen LogP contribution >= 0.6 is 0 Å². The number of benzene rings is 2. The molecule has 0 bridgehead atoms. The Kier molecular flexibility index (Phi) is 6.79. The molecular weight excluding hydrogens is 388 g/mol. The van der Waals surface area contributed by atoms with Crippen LogP contribution < -0.4 is 10.1 Å². The zero-order valence-electron chi connectivity index (χ0n) is 17.6. The number of piperidine rings is 1. The summed E-state index contributed by atoms with van der Waals surface area (Å²) in [4.78, 5) is 15.2. The lowest BCUT2D eigenvalue weighted by molar-refractivity contribution is -0.121. The van der Waals surface area contributed by atoms with E-state index in [9.17, 15) is 4.79 Å². The van der Waals surface area contributed by atoms with Gasteiger partial charge in [-0.1, -0.05) is 43.0 Å². The van der Waals surface area contributed by atoms with Crippen molar-refractivity contribution in [2.75, 3.05) is 25.0 Å². The van der Waals surface area contributed by atoms with E-state index in [0.29, 0.717) is 6.61 Å². The molecule has 0 spiro atoms. The molecule has 4 rings (SSSR count). The highest BCUT2D eigenvalue weighted by Gasteiger charge is 2.26. The zero-order chi connectivity index (χ0) is 21.5. The van der Waals surface area contributed by atoms with Gasteiger partial charge in [-0.25, -0.2) is 0 Å². The molecule has 0 radical (unpaired) electrons. The van der Waals surface area contributed by atoms with Crippen LogP contribution in [0.1, 0.15) is 18.4 Å². The van der Waals surface area contributed by atoms with Gasteiger partial charge in [0.1, 0.15) is 12.4 Å². The summed E-state index contributed by atoms with van der Waals surface area (Å²) in [7, 11) is 0. The molecule has 2 N–H and O–H groups in total. The summed E-state index contributed by atoms with van der Waals surface area (Å²) >= 11 is 0. The normalized spacial score (nSPS) is 16.6. The zero-order valence-corrected chi connectivity index (χ0v) is 17.6. The first-order chi connectivity index (χ1) is 15.2. The number of ether oxygens (including phenoxy) is 1. The van der Waals surface area contributed by atoms with Crippen LogP contribution in [0.3, 0.4) is 0 Å². The Hall–Kier alpha value is -3.38. The average molecular weight is 417 g/mol. The van der Waals surface area contributed by atoms with Crippen molar-refractivity contribution in [3.8, 4) is 17.0 Å². The van der Waals surface area contributed by atoms with Crippen molar-refractivity contribution in [1.82, 2.24) is 15.1 Å². The molecule has 6 nitrogen and oxygen atoms in total. The number of hydrogen-bond donors (Lipinski definition) is 2. The molecule has 0 aliphatic carbocycles. The number of para-hydroxylation sites is 1. The highest BCUT2D eigenvalue weighted by molar-refractivity contribution is 5.93.